The molecular formula is C11H15N3OS. The topological polar surface area (TPSA) is 53.2 Å². The third-order valence-corrected chi connectivity index (χ3v) is 2.06. The van der Waals surface area contributed by atoms with E-state index in [2.05, 4.69) is 16.0 Å². The van der Waals surface area contributed by atoms with E-state index in [9.17, 15) is 4.79 Å². The Hall–Kier alpha value is -1.62. The first-order valence-corrected chi connectivity index (χ1v) is 5.43. The van der Waals surface area contributed by atoms with Crippen molar-refractivity contribution in [1.29, 1.82) is 0 Å². The van der Waals surface area contributed by atoms with E-state index in [4.69, 9.17) is 12.2 Å². The SMILES string of the molecule is CC(=O)NCCNC(=S)Nc1ccccc1. The molecule has 0 bridgehead atoms. The van der Waals surface area contributed by atoms with Gasteiger partial charge >= 0.3 is 0 Å². The summed E-state index contributed by atoms with van der Waals surface area (Å²) in [5, 5.41) is 9.26. The molecule has 0 aromatic heterocycles. The molecule has 0 saturated heterocycles. The summed E-state index contributed by atoms with van der Waals surface area (Å²) in [6.45, 7) is 2.66. The fraction of sp³-hybridized carbons (Fsp3) is 0.273. The van der Waals surface area contributed by atoms with Crippen LogP contribution in [0.15, 0.2) is 30.3 Å². The molecule has 0 saturated carbocycles. The van der Waals surface area contributed by atoms with E-state index in [0.29, 0.717) is 18.2 Å². The van der Waals surface area contributed by atoms with Crippen LogP contribution in [0.25, 0.3) is 0 Å². The van der Waals surface area contributed by atoms with Gasteiger partial charge in [0, 0.05) is 25.7 Å². The summed E-state index contributed by atoms with van der Waals surface area (Å²) in [5.74, 6) is -0.0382. The van der Waals surface area contributed by atoms with Crippen molar-refractivity contribution in [3.05, 3.63) is 30.3 Å². The lowest BCUT2D eigenvalue weighted by Gasteiger charge is -2.10. The third kappa shape index (κ3) is 5.31. The molecule has 0 unspecified atom stereocenters. The largest absolute Gasteiger partial charge is 0.361 e. The molecule has 0 heterocycles. The average molecular weight is 237 g/mol. The molecule has 1 aromatic rings. The number of para-hydroxylation sites is 1. The minimum Gasteiger partial charge on any atom is -0.361 e. The summed E-state index contributed by atoms with van der Waals surface area (Å²) in [5.41, 5.74) is 0.944. The number of nitrogens with one attached hydrogen (secondary N) is 3. The van der Waals surface area contributed by atoms with Crippen molar-refractivity contribution in [2.45, 2.75) is 6.92 Å². The van der Waals surface area contributed by atoms with Crippen LogP contribution in [0.4, 0.5) is 5.69 Å². The molecule has 0 aliphatic carbocycles. The molecule has 0 aliphatic rings. The highest BCUT2D eigenvalue weighted by atomic mass is 32.1. The van der Waals surface area contributed by atoms with Crippen LogP contribution in [0.1, 0.15) is 6.92 Å². The van der Waals surface area contributed by atoms with Crippen molar-refractivity contribution in [3.63, 3.8) is 0 Å². The Kier molecular flexibility index (Phi) is 5.28. The molecule has 0 spiro atoms. The number of amides is 1. The summed E-state index contributed by atoms with van der Waals surface area (Å²) in [4.78, 5) is 10.6. The van der Waals surface area contributed by atoms with Gasteiger partial charge in [0.25, 0.3) is 0 Å². The van der Waals surface area contributed by atoms with Gasteiger partial charge in [-0.05, 0) is 24.4 Å². The fourth-order valence-electron chi connectivity index (χ4n) is 1.11. The van der Waals surface area contributed by atoms with Gasteiger partial charge in [-0.1, -0.05) is 18.2 Å². The molecule has 16 heavy (non-hydrogen) atoms. The van der Waals surface area contributed by atoms with Gasteiger partial charge in [0.05, 0.1) is 0 Å². The lowest BCUT2D eigenvalue weighted by molar-refractivity contribution is -0.118. The standard InChI is InChI=1S/C11H15N3OS/c1-9(15)12-7-8-13-11(16)14-10-5-3-2-4-6-10/h2-6H,7-8H2,1H3,(H,12,15)(H2,13,14,16). The predicted octanol–water partition coefficient (Wildman–Crippen LogP) is 1.11. The number of hydrogen-bond acceptors (Lipinski definition) is 2. The van der Waals surface area contributed by atoms with Crippen molar-refractivity contribution in [2.75, 3.05) is 18.4 Å². The molecule has 1 amide bonds. The Morgan fingerprint density at radius 3 is 2.44 bits per heavy atom. The Bertz CT molecular complexity index is 354. The van der Waals surface area contributed by atoms with Crippen LogP contribution in [0.3, 0.4) is 0 Å². The number of thiocarbonyl (C=S) groups is 1. The molecule has 0 aliphatic heterocycles. The van der Waals surface area contributed by atoms with Gasteiger partial charge in [-0.15, -0.1) is 0 Å². The molecule has 0 fully saturated rings. The van der Waals surface area contributed by atoms with Crippen molar-refractivity contribution in [1.82, 2.24) is 10.6 Å². The zero-order chi connectivity index (χ0) is 11.8. The Morgan fingerprint density at radius 2 is 1.81 bits per heavy atom. The third-order valence-electron chi connectivity index (χ3n) is 1.82. The molecule has 5 heteroatoms. The van der Waals surface area contributed by atoms with Gasteiger partial charge in [0.2, 0.25) is 5.91 Å². The van der Waals surface area contributed by atoms with E-state index in [1.54, 1.807) is 0 Å². The zero-order valence-electron chi connectivity index (χ0n) is 9.12. The number of hydrogen-bond donors (Lipinski definition) is 3. The van der Waals surface area contributed by atoms with E-state index in [0.717, 1.165) is 5.69 Å². The normalized spacial score (nSPS) is 9.31. The van der Waals surface area contributed by atoms with Gasteiger partial charge in [0.15, 0.2) is 5.11 Å². The molecule has 0 atom stereocenters. The zero-order valence-corrected chi connectivity index (χ0v) is 9.93. The van der Waals surface area contributed by atoms with Crippen LogP contribution in [0.2, 0.25) is 0 Å². The highest BCUT2D eigenvalue weighted by Gasteiger charge is 1.96. The average Bonchev–Trinajstić information content (AvgIpc) is 2.25. The number of rotatable bonds is 4. The van der Waals surface area contributed by atoms with Crippen molar-refractivity contribution >= 4 is 28.9 Å². The van der Waals surface area contributed by atoms with Gasteiger partial charge in [-0.25, -0.2) is 0 Å². The van der Waals surface area contributed by atoms with Crippen molar-refractivity contribution in [2.24, 2.45) is 0 Å². The highest BCUT2D eigenvalue weighted by Crippen LogP contribution is 2.03. The number of carbonyl (C=O) groups is 1. The van der Waals surface area contributed by atoms with Crippen LogP contribution in [-0.4, -0.2) is 24.1 Å². The van der Waals surface area contributed by atoms with E-state index in [1.807, 2.05) is 30.3 Å². The smallest absolute Gasteiger partial charge is 0.216 e. The maximum Gasteiger partial charge on any atom is 0.216 e. The maximum atomic E-state index is 10.6. The molecule has 3 N–H and O–H groups in total. The quantitative estimate of drug-likeness (QED) is 0.542. The number of carbonyl (C=O) groups excluding carboxylic acids is 1. The van der Waals surface area contributed by atoms with Gasteiger partial charge in [-0.2, -0.15) is 0 Å². The second-order valence-electron chi connectivity index (χ2n) is 3.23. The molecule has 4 nitrogen and oxygen atoms in total. The Labute approximate surface area is 100 Å². The maximum absolute atomic E-state index is 10.6. The second kappa shape index (κ2) is 6.79. The van der Waals surface area contributed by atoms with Crippen LogP contribution >= 0.6 is 12.2 Å². The molecule has 1 aromatic carbocycles. The minimum atomic E-state index is -0.0382. The van der Waals surface area contributed by atoms with Crippen LogP contribution < -0.4 is 16.0 Å². The van der Waals surface area contributed by atoms with Crippen molar-refractivity contribution < 1.29 is 4.79 Å². The number of anilines is 1. The Morgan fingerprint density at radius 1 is 1.19 bits per heavy atom. The fourth-order valence-corrected chi connectivity index (χ4v) is 1.33. The summed E-state index contributed by atoms with van der Waals surface area (Å²) < 4.78 is 0. The van der Waals surface area contributed by atoms with E-state index in [1.165, 1.54) is 6.92 Å². The summed E-state index contributed by atoms with van der Waals surface area (Å²) in [6.07, 6.45) is 0. The van der Waals surface area contributed by atoms with E-state index in [-0.39, 0.29) is 5.91 Å². The van der Waals surface area contributed by atoms with Crippen LogP contribution in [0, 0.1) is 0 Å². The van der Waals surface area contributed by atoms with Crippen molar-refractivity contribution in [3.8, 4) is 0 Å². The summed E-state index contributed by atoms with van der Waals surface area (Å²) in [7, 11) is 0. The second-order valence-corrected chi connectivity index (χ2v) is 3.64. The van der Waals surface area contributed by atoms with Gasteiger partial charge < -0.3 is 16.0 Å². The van der Waals surface area contributed by atoms with E-state index >= 15 is 0 Å². The molecule has 0 radical (unpaired) electrons. The Balaban J connectivity index is 2.19. The lowest BCUT2D eigenvalue weighted by atomic mass is 10.3. The molecule has 86 valence electrons. The van der Waals surface area contributed by atoms with Crippen LogP contribution in [0.5, 0.6) is 0 Å². The first-order valence-electron chi connectivity index (χ1n) is 5.03. The molecule has 1 rings (SSSR count). The van der Waals surface area contributed by atoms with Gasteiger partial charge in [-0.3, -0.25) is 4.79 Å². The highest BCUT2D eigenvalue weighted by molar-refractivity contribution is 7.80. The number of benzene rings is 1. The summed E-state index contributed by atoms with van der Waals surface area (Å²) in [6, 6.07) is 9.67. The first kappa shape index (κ1) is 12.4. The predicted molar refractivity (Wildman–Crippen MR) is 69.3 cm³/mol. The molecular weight excluding hydrogens is 222 g/mol. The summed E-state index contributed by atoms with van der Waals surface area (Å²) >= 11 is 5.08. The lowest BCUT2D eigenvalue weighted by Crippen LogP contribution is -2.35. The van der Waals surface area contributed by atoms with E-state index < -0.39 is 0 Å². The van der Waals surface area contributed by atoms with Gasteiger partial charge in [0.1, 0.15) is 0 Å². The minimum absolute atomic E-state index is 0.0382. The first-order chi connectivity index (χ1) is 7.68. The monoisotopic (exact) mass is 237 g/mol. The van der Waals surface area contributed by atoms with Crippen LogP contribution in [-0.2, 0) is 4.79 Å².